The van der Waals surface area contributed by atoms with Gasteiger partial charge in [0.2, 0.25) is 0 Å². The zero-order valence-electron chi connectivity index (χ0n) is 18.3. The molecule has 0 aliphatic carbocycles. The molecule has 0 heteroatoms. The minimum atomic E-state index is 1.13. The van der Waals surface area contributed by atoms with Gasteiger partial charge in [0.25, 0.3) is 0 Å². The quantitative estimate of drug-likeness (QED) is 0.271. The molecule has 0 atom stereocenters. The highest BCUT2D eigenvalue weighted by Crippen LogP contribution is 2.24. The number of benzene rings is 5. The summed E-state index contributed by atoms with van der Waals surface area (Å²) in [6, 6.07) is 50.9. The van der Waals surface area contributed by atoms with Gasteiger partial charge in [-0.2, -0.15) is 0 Å². The summed E-state index contributed by atoms with van der Waals surface area (Å²) >= 11 is 0. The van der Waals surface area contributed by atoms with Crippen LogP contribution in [0.25, 0.3) is 22.3 Å². The molecule has 0 amide bonds. The molecule has 0 saturated carbocycles. The summed E-state index contributed by atoms with van der Waals surface area (Å²) in [5.74, 6) is 0. The van der Waals surface area contributed by atoms with Crippen LogP contribution >= 0.6 is 0 Å². The van der Waals surface area contributed by atoms with Crippen molar-refractivity contribution in [3.63, 3.8) is 0 Å². The zero-order valence-corrected chi connectivity index (χ0v) is 18.3. The van der Waals surface area contributed by atoms with Crippen LogP contribution in [0.2, 0.25) is 0 Å². The van der Waals surface area contributed by atoms with Crippen LogP contribution in [0.4, 0.5) is 0 Å². The summed E-state index contributed by atoms with van der Waals surface area (Å²) < 4.78 is 0. The van der Waals surface area contributed by atoms with Gasteiger partial charge in [0.15, 0.2) is 0 Å². The first-order chi connectivity index (χ1) is 15.9. The van der Waals surface area contributed by atoms with Crippen LogP contribution in [0, 0.1) is 0 Å². The summed E-state index contributed by atoms with van der Waals surface area (Å²) in [7, 11) is 0. The molecule has 0 aromatic heterocycles. The maximum Gasteiger partial charge on any atom is -0.0184 e. The predicted molar refractivity (Wildman–Crippen MR) is 138 cm³/mol. The lowest BCUT2D eigenvalue weighted by molar-refractivity contribution is 0.960. The maximum absolute atomic E-state index is 2.18. The van der Waals surface area contributed by atoms with Crippen molar-refractivity contribution in [2.24, 2.45) is 0 Å². The highest BCUT2D eigenvalue weighted by molar-refractivity contribution is 5.70. The van der Waals surface area contributed by atoms with Crippen LogP contribution in [0.3, 0.4) is 0 Å². The molecular formula is C32H28. The Balaban J connectivity index is 0.000000158. The molecule has 0 saturated heterocycles. The molecule has 0 bridgehead atoms. The van der Waals surface area contributed by atoms with Gasteiger partial charge in [0.1, 0.15) is 0 Å². The Morgan fingerprint density at radius 1 is 0.250 bits per heavy atom. The normalized spacial score (nSPS) is 10.1. The first-order valence-corrected chi connectivity index (χ1v) is 11.2. The van der Waals surface area contributed by atoms with Gasteiger partial charge < -0.3 is 0 Å². The van der Waals surface area contributed by atoms with Crippen LogP contribution < -0.4 is 0 Å². The van der Waals surface area contributed by atoms with Crippen molar-refractivity contribution in [2.45, 2.75) is 12.8 Å². The third kappa shape index (κ3) is 6.30. The molecule has 156 valence electrons. The van der Waals surface area contributed by atoms with Gasteiger partial charge in [0.05, 0.1) is 0 Å². The van der Waals surface area contributed by atoms with Gasteiger partial charge in [-0.3, -0.25) is 0 Å². The van der Waals surface area contributed by atoms with E-state index in [0.717, 1.165) is 12.8 Å². The monoisotopic (exact) mass is 412 g/mol. The lowest BCUT2D eigenvalue weighted by Gasteiger charge is -2.04. The lowest BCUT2D eigenvalue weighted by atomic mass is 10.0. The van der Waals surface area contributed by atoms with Gasteiger partial charge in [0, 0.05) is 0 Å². The summed E-state index contributed by atoms with van der Waals surface area (Å²) in [5, 5.41) is 0. The van der Waals surface area contributed by atoms with Crippen molar-refractivity contribution in [1.29, 1.82) is 0 Å². The van der Waals surface area contributed by atoms with Crippen molar-refractivity contribution in [3.05, 3.63) is 157 Å². The van der Waals surface area contributed by atoms with E-state index in [9.17, 15) is 0 Å². The standard InChI is InChI=1S/C18H14.C14H14/c1-3-7-15(8-4-1)17-11-13-18(14-12-17)16-9-5-2-6-10-16;1-3-7-13(8-4-1)11-12-14-9-5-2-6-10-14/h1-14H;1-10H,11-12H2. The fourth-order valence-electron chi connectivity index (χ4n) is 3.69. The Morgan fingerprint density at radius 3 is 0.812 bits per heavy atom. The van der Waals surface area contributed by atoms with Gasteiger partial charge in [-0.05, 0) is 46.2 Å². The highest BCUT2D eigenvalue weighted by Gasteiger charge is 1.99. The van der Waals surface area contributed by atoms with Crippen molar-refractivity contribution in [3.8, 4) is 22.3 Å². The molecule has 0 N–H and O–H groups in total. The Kier molecular flexibility index (Phi) is 7.65. The van der Waals surface area contributed by atoms with Crippen LogP contribution in [0.15, 0.2) is 146 Å². The van der Waals surface area contributed by atoms with Gasteiger partial charge in [-0.25, -0.2) is 0 Å². The van der Waals surface area contributed by atoms with E-state index in [4.69, 9.17) is 0 Å². The fraction of sp³-hybridized carbons (Fsp3) is 0.0625. The smallest absolute Gasteiger partial charge is 0.0184 e. The maximum atomic E-state index is 2.18. The molecule has 0 aliphatic heterocycles. The first kappa shape index (κ1) is 21.3. The SMILES string of the molecule is c1ccc(-c2ccc(-c3ccccc3)cc2)cc1.c1ccc(CCc2ccccc2)cc1. The Morgan fingerprint density at radius 2 is 0.500 bits per heavy atom. The van der Waals surface area contributed by atoms with Crippen LogP contribution in [-0.2, 0) is 12.8 Å². The third-order valence-corrected chi connectivity index (χ3v) is 5.49. The number of aryl methyl sites for hydroxylation is 2. The molecule has 5 aromatic carbocycles. The largest absolute Gasteiger partial charge is 0.0622 e. The Hall–Kier alpha value is -3.90. The lowest BCUT2D eigenvalue weighted by Crippen LogP contribution is -1.89. The second kappa shape index (κ2) is 11.5. The second-order valence-electron chi connectivity index (χ2n) is 7.78. The highest BCUT2D eigenvalue weighted by atomic mass is 14.0. The second-order valence-corrected chi connectivity index (χ2v) is 7.78. The molecule has 0 nitrogen and oxygen atoms in total. The summed E-state index contributed by atoms with van der Waals surface area (Å²) in [5.41, 5.74) is 7.87. The van der Waals surface area contributed by atoms with Crippen LogP contribution in [-0.4, -0.2) is 0 Å². The van der Waals surface area contributed by atoms with Gasteiger partial charge in [-0.15, -0.1) is 0 Å². The number of hydrogen-bond acceptors (Lipinski definition) is 0. The molecular weight excluding hydrogens is 384 g/mol. The molecule has 0 heterocycles. The predicted octanol–water partition coefficient (Wildman–Crippen LogP) is 8.49. The summed E-state index contributed by atoms with van der Waals surface area (Å²) in [6.07, 6.45) is 2.26. The molecule has 0 aliphatic rings. The topological polar surface area (TPSA) is 0 Å². The van der Waals surface area contributed by atoms with E-state index in [2.05, 4.69) is 133 Å². The zero-order chi connectivity index (χ0) is 21.8. The summed E-state index contributed by atoms with van der Waals surface area (Å²) in [6.45, 7) is 0. The average molecular weight is 413 g/mol. The van der Waals surface area contributed by atoms with Crippen LogP contribution in [0.1, 0.15) is 11.1 Å². The number of rotatable bonds is 5. The number of hydrogen-bond donors (Lipinski definition) is 0. The van der Waals surface area contributed by atoms with Crippen LogP contribution in [0.5, 0.6) is 0 Å². The van der Waals surface area contributed by atoms with Crippen molar-refractivity contribution in [2.75, 3.05) is 0 Å². The van der Waals surface area contributed by atoms with E-state index in [1.54, 1.807) is 0 Å². The van der Waals surface area contributed by atoms with E-state index in [1.165, 1.54) is 33.4 Å². The van der Waals surface area contributed by atoms with E-state index in [0.29, 0.717) is 0 Å². The Labute approximate surface area is 191 Å². The van der Waals surface area contributed by atoms with Crippen molar-refractivity contribution >= 4 is 0 Å². The molecule has 0 fully saturated rings. The minimum absolute atomic E-state index is 1.13. The van der Waals surface area contributed by atoms with Crippen molar-refractivity contribution < 1.29 is 0 Å². The molecule has 5 rings (SSSR count). The fourth-order valence-corrected chi connectivity index (χ4v) is 3.69. The average Bonchev–Trinajstić information content (AvgIpc) is 2.90. The van der Waals surface area contributed by atoms with E-state index >= 15 is 0 Å². The van der Waals surface area contributed by atoms with Crippen molar-refractivity contribution in [1.82, 2.24) is 0 Å². The van der Waals surface area contributed by atoms with Gasteiger partial charge >= 0.3 is 0 Å². The molecule has 0 radical (unpaired) electrons. The minimum Gasteiger partial charge on any atom is -0.0622 e. The molecule has 0 spiro atoms. The van der Waals surface area contributed by atoms with E-state index in [1.807, 2.05) is 12.1 Å². The molecule has 32 heavy (non-hydrogen) atoms. The van der Waals surface area contributed by atoms with Gasteiger partial charge in [-0.1, -0.05) is 146 Å². The molecule has 0 unspecified atom stereocenters. The van der Waals surface area contributed by atoms with E-state index < -0.39 is 0 Å². The Bertz CT molecular complexity index is 1060. The molecule has 5 aromatic rings. The first-order valence-electron chi connectivity index (χ1n) is 11.2. The van der Waals surface area contributed by atoms with E-state index in [-0.39, 0.29) is 0 Å². The third-order valence-electron chi connectivity index (χ3n) is 5.49. The summed E-state index contributed by atoms with van der Waals surface area (Å²) in [4.78, 5) is 0.